The number of Topliss-reactive ketones (excluding diaryl/α,β-unsaturated/α-hetero) is 1. The summed E-state index contributed by atoms with van der Waals surface area (Å²) in [6, 6.07) is 7.59. The highest BCUT2D eigenvalue weighted by molar-refractivity contribution is 8.00. The van der Waals surface area contributed by atoms with E-state index in [0.717, 1.165) is 29.2 Å². The van der Waals surface area contributed by atoms with Crippen molar-refractivity contribution < 1.29 is 14.3 Å². The summed E-state index contributed by atoms with van der Waals surface area (Å²) in [5, 5.41) is 3.08. The number of fused-ring (bicyclic) bond motifs is 1. The van der Waals surface area contributed by atoms with Crippen molar-refractivity contribution >= 4 is 39.9 Å². The van der Waals surface area contributed by atoms with Gasteiger partial charge >= 0.3 is 0 Å². The number of benzene rings is 1. The van der Waals surface area contributed by atoms with Crippen LogP contribution in [0.3, 0.4) is 0 Å². The molecule has 0 bridgehead atoms. The molecule has 1 aliphatic rings. The van der Waals surface area contributed by atoms with E-state index >= 15 is 0 Å². The Morgan fingerprint density at radius 1 is 1.33 bits per heavy atom. The highest BCUT2D eigenvalue weighted by Gasteiger charge is 2.24. The molecule has 0 radical (unpaired) electrons. The molecule has 1 aliphatic carbocycles. The molecular formula is C17H18N2O3S2. The number of carbonyl (C=O) groups is 2. The fourth-order valence-corrected chi connectivity index (χ4v) is 4.29. The Bertz CT molecular complexity index is 756. The number of hydrogen-bond donors (Lipinski definition) is 1. The first kappa shape index (κ1) is 17.0. The number of rotatable bonds is 5. The summed E-state index contributed by atoms with van der Waals surface area (Å²) >= 11 is 2.75. The maximum atomic E-state index is 12.4. The zero-order chi connectivity index (χ0) is 17.1. The van der Waals surface area contributed by atoms with Crippen LogP contribution in [0.15, 0.2) is 29.2 Å². The molecule has 0 saturated carbocycles. The molecule has 24 heavy (non-hydrogen) atoms. The smallest absolute Gasteiger partial charge is 0.239 e. The zero-order valence-corrected chi connectivity index (χ0v) is 15.1. The number of aromatic nitrogens is 1. The van der Waals surface area contributed by atoms with E-state index in [1.165, 1.54) is 23.1 Å². The van der Waals surface area contributed by atoms with Crippen LogP contribution in [-0.2, 0) is 11.2 Å². The third-order valence-electron chi connectivity index (χ3n) is 3.74. The minimum absolute atomic E-state index is 0.116. The summed E-state index contributed by atoms with van der Waals surface area (Å²) < 4.78 is 5.13. The lowest BCUT2D eigenvalue weighted by atomic mass is 10.0. The molecule has 5 nitrogen and oxygen atoms in total. The summed E-state index contributed by atoms with van der Waals surface area (Å²) in [7, 11) is 1.62. The molecule has 0 aliphatic heterocycles. The predicted octanol–water partition coefficient (Wildman–Crippen LogP) is 3.79. The van der Waals surface area contributed by atoms with Crippen LogP contribution >= 0.6 is 23.1 Å². The van der Waals surface area contributed by atoms with E-state index in [2.05, 4.69) is 10.3 Å². The van der Waals surface area contributed by atoms with Crippen LogP contribution in [0.4, 0.5) is 5.13 Å². The highest BCUT2D eigenvalue weighted by Crippen LogP contribution is 2.31. The molecular weight excluding hydrogens is 344 g/mol. The normalized spacial score (nSPS) is 14.8. The maximum absolute atomic E-state index is 12.4. The molecule has 0 spiro atoms. The number of aryl methyl sites for hydroxylation is 1. The van der Waals surface area contributed by atoms with Gasteiger partial charge in [0, 0.05) is 11.3 Å². The number of thiazole rings is 1. The van der Waals surface area contributed by atoms with E-state index in [-0.39, 0.29) is 16.9 Å². The molecule has 3 rings (SSSR count). The molecule has 1 amide bonds. The second-order valence-corrected chi connectivity index (χ2v) is 7.91. The molecule has 7 heteroatoms. The van der Waals surface area contributed by atoms with Gasteiger partial charge in [-0.2, -0.15) is 0 Å². The monoisotopic (exact) mass is 362 g/mol. The van der Waals surface area contributed by atoms with Crippen molar-refractivity contribution in [3.8, 4) is 5.75 Å². The van der Waals surface area contributed by atoms with Crippen LogP contribution in [0, 0.1) is 0 Å². The predicted molar refractivity (Wildman–Crippen MR) is 96.3 cm³/mol. The van der Waals surface area contributed by atoms with Gasteiger partial charge in [0.1, 0.15) is 5.75 Å². The van der Waals surface area contributed by atoms with Crippen molar-refractivity contribution in [1.82, 2.24) is 4.98 Å². The lowest BCUT2D eigenvalue weighted by molar-refractivity contribution is -0.115. The molecule has 1 heterocycles. The second kappa shape index (κ2) is 7.36. The minimum Gasteiger partial charge on any atom is -0.497 e. The van der Waals surface area contributed by atoms with Gasteiger partial charge < -0.3 is 10.1 Å². The Morgan fingerprint density at radius 2 is 2.08 bits per heavy atom. The lowest BCUT2D eigenvalue weighted by Gasteiger charge is -2.10. The Morgan fingerprint density at radius 3 is 2.75 bits per heavy atom. The number of methoxy groups -OCH3 is 1. The third kappa shape index (κ3) is 3.79. The number of carbonyl (C=O) groups excluding carboxylic acids is 2. The Balaban J connectivity index is 1.62. The summed E-state index contributed by atoms with van der Waals surface area (Å²) in [4.78, 5) is 30.3. The SMILES string of the molecule is COc1ccc(SC(C)C(=O)Nc2nc3c(s2)C(=O)CCC3)cc1. The molecule has 1 unspecified atom stereocenters. The lowest BCUT2D eigenvalue weighted by Crippen LogP contribution is -2.22. The third-order valence-corrected chi connectivity index (χ3v) is 5.91. The van der Waals surface area contributed by atoms with Crippen LogP contribution in [0.1, 0.15) is 35.1 Å². The van der Waals surface area contributed by atoms with Crippen molar-refractivity contribution in [1.29, 1.82) is 0 Å². The van der Waals surface area contributed by atoms with Crippen LogP contribution < -0.4 is 10.1 Å². The number of hydrogen-bond acceptors (Lipinski definition) is 6. The number of amides is 1. The van der Waals surface area contributed by atoms with Gasteiger partial charge in [-0.3, -0.25) is 9.59 Å². The zero-order valence-electron chi connectivity index (χ0n) is 13.5. The molecule has 1 atom stereocenters. The summed E-state index contributed by atoms with van der Waals surface area (Å²) in [5.74, 6) is 0.804. The molecule has 0 fully saturated rings. The first-order chi connectivity index (χ1) is 11.6. The number of thioether (sulfide) groups is 1. The van der Waals surface area contributed by atoms with Crippen LogP contribution in [0.25, 0.3) is 0 Å². The number of anilines is 1. The van der Waals surface area contributed by atoms with Crippen molar-refractivity contribution in [2.24, 2.45) is 0 Å². The van der Waals surface area contributed by atoms with Crippen LogP contribution in [-0.4, -0.2) is 29.0 Å². The van der Waals surface area contributed by atoms with Gasteiger partial charge in [-0.05, 0) is 44.0 Å². The minimum atomic E-state index is -0.268. The highest BCUT2D eigenvalue weighted by atomic mass is 32.2. The first-order valence-electron chi connectivity index (χ1n) is 7.71. The number of nitrogens with one attached hydrogen (secondary N) is 1. The second-order valence-electron chi connectivity index (χ2n) is 5.50. The fraction of sp³-hybridized carbons (Fsp3) is 0.353. The largest absolute Gasteiger partial charge is 0.497 e. The summed E-state index contributed by atoms with van der Waals surface area (Å²) in [5.41, 5.74) is 0.821. The van der Waals surface area contributed by atoms with Gasteiger partial charge in [-0.1, -0.05) is 11.3 Å². The molecule has 1 aromatic heterocycles. The van der Waals surface area contributed by atoms with E-state index in [1.54, 1.807) is 7.11 Å². The van der Waals surface area contributed by atoms with E-state index in [9.17, 15) is 9.59 Å². The van der Waals surface area contributed by atoms with E-state index in [0.29, 0.717) is 16.4 Å². The first-order valence-corrected chi connectivity index (χ1v) is 9.41. The van der Waals surface area contributed by atoms with Gasteiger partial charge in [0.05, 0.1) is 22.9 Å². The average Bonchev–Trinajstić information content (AvgIpc) is 2.99. The van der Waals surface area contributed by atoms with E-state index in [1.807, 2.05) is 31.2 Å². The maximum Gasteiger partial charge on any atom is 0.239 e. The van der Waals surface area contributed by atoms with E-state index < -0.39 is 0 Å². The number of nitrogens with zero attached hydrogens (tertiary/aromatic N) is 1. The van der Waals surface area contributed by atoms with Crippen molar-refractivity contribution in [2.75, 3.05) is 12.4 Å². The van der Waals surface area contributed by atoms with E-state index in [4.69, 9.17) is 4.74 Å². The van der Waals surface area contributed by atoms with Gasteiger partial charge in [-0.15, -0.1) is 11.8 Å². The molecule has 1 aromatic carbocycles. The number of ketones is 1. The van der Waals surface area contributed by atoms with Gasteiger partial charge in [0.25, 0.3) is 0 Å². The van der Waals surface area contributed by atoms with Gasteiger partial charge in [-0.25, -0.2) is 4.98 Å². The molecule has 126 valence electrons. The van der Waals surface area contributed by atoms with Crippen LogP contribution in [0.5, 0.6) is 5.75 Å². The summed E-state index contributed by atoms with van der Waals surface area (Å²) in [6.07, 6.45) is 2.22. The topological polar surface area (TPSA) is 68.3 Å². The van der Waals surface area contributed by atoms with Gasteiger partial charge in [0.15, 0.2) is 10.9 Å². The van der Waals surface area contributed by atoms with Gasteiger partial charge in [0.2, 0.25) is 5.91 Å². The van der Waals surface area contributed by atoms with Crippen molar-refractivity contribution in [2.45, 2.75) is 36.3 Å². The Kier molecular flexibility index (Phi) is 5.20. The molecule has 2 aromatic rings. The molecule has 1 N–H and O–H groups in total. The average molecular weight is 362 g/mol. The Hall–Kier alpha value is -1.86. The van der Waals surface area contributed by atoms with Crippen molar-refractivity contribution in [3.05, 3.63) is 34.8 Å². The quantitative estimate of drug-likeness (QED) is 0.820. The van der Waals surface area contributed by atoms with Crippen molar-refractivity contribution in [3.63, 3.8) is 0 Å². The fourth-order valence-electron chi connectivity index (χ4n) is 2.44. The van der Waals surface area contributed by atoms with Crippen LogP contribution in [0.2, 0.25) is 0 Å². The Labute approximate surface area is 148 Å². The summed E-state index contributed by atoms with van der Waals surface area (Å²) in [6.45, 7) is 1.85. The molecule has 0 saturated heterocycles. The number of ether oxygens (including phenoxy) is 1. The standard InChI is InChI=1S/C17H18N2O3S2/c1-10(23-12-8-6-11(22-2)7-9-12)16(21)19-17-18-13-4-3-5-14(20)15(13)24-17/h6-10H,3-5H2,1-2H3,(H,18,19,21).